The maximum absolute atomic E-state index is 13.2. The number of carboxylic acid groups (broad SMARTS) is 1. The van der Waals surface area contributed by atoms with E-state index in [1.54, 1.807) is 18.2 Å². The van der Waals surface area contributed by atoms with Crippen LogP contribution in [0.15, 0.2) is 47.4 Å². The summed E-state index contributed by atoms with van der Waals surface area (Å²) in [5.74, 6) is -2.02. The Hall–Kier alpha value is -3.39. The largest absolute Gasteiger partial charge is 0.481 e. The smallest absolute Gasteiger partial charge is 0.342 e. The number of fused-ring (bicyclic) bond motifs is 1. The van der Waals surface area contributed by atoms with Crippen LogP contribution in [0.2, 0.25) is 0 Å². The van der Waals surface area contributed by atoms with E-state index >= 15 is 0 Å². The Morgan fingerprint density at radius 1 is 1.19 bits per heavy atom. The Bertz CT molecular complexity index is 1370. The van der Waals surface area contributed by atoms with Crippen LogP contribution in [0.25, 0.3) is 6.08 Å². The van der Waals surface area contributed by atoms with E-state index in [1.807, 2.05) is 26.8 Å². The highest BCUT2D eigenvalue weighted by Gasteiger charge is 2.36. The van der Waals surface area contributed by atoms with Crippen molar-refractivity contribution in [2.24, 2.45) is 11.8 Å². The van der Waals surface area contributed by atoms with Gasteiger partial charge in [-0.1, -0.05) is 48.4 Å². The molecule has 0 spiro atoms. The first-order valence-electron chi connectivity index (χ1n) is 11.9. The highest BCUT2D eigenvalue weighted by molar-refractivity contribution is 7.87. The van der Waals surface area contributed by atoms with Gasteiger partial charge in [-0.25, -0.2) is 4.79 Å². The van der Waals surface area contributed by atoms with E-state index in [1.165, 1.54) is 12.1 Å². The quantitative estimate of drug-likeness (QED) is 0.289. The van der Waals surface area contributed by atoms with Gasteiger partial charge in [-0.15, -0.1) is 0 Å². The predicted octanol–water partition coefficient (Wildman–Crippen LogP) is 5.37. The van der Waals surface area contributed by atoms with Gasteiger partial charge in [0.1, 0.15) is 17.1 Å². The highest BCUT2D eigenvalue weighted by Crippen LogP contribution is 2.42. The molecule has 2 atom stereocenters. The zero-order chi connectivity index (χ0) is 26.2. The van der Waals surface area contributed by atoms with Gasteiger partial charge in [0.15, 0.2) is 5.75 Å². The SMILES string of the molecule is C=Cc1c(C)c2c(c(OS(=O)(=O)c3ccc(C)cc3)c1CC=C(C)C1CCCC1C(=O)O)C(=O)OC2. The minimum absolute atomic E-state index is 0.0260. The van der Waals surface area contributed by atoms with E-state index in [0.717, 1.165) is 29.5 Å². The molecule has 4 rings (SSSR count). The Balaban J connectivity index is 1.82. The average Bonchev–Trinajstić information content (AvgIpc) is 3.47. The number of benzene rings is 2. The van der Waals surface area contributed by atoms with Gasteiger partial charge in [-0.05, 0) is 69.2 Å². The molecule has 2 aliphatic rings. The third-order valence-corrected chi connectivity index (χ3v) is 8.53. The number of esters is 1. The highest BCUT2D eigenvalue weighted by atomic mass is 32.2. The van der Waals surface area contributed by atoms with Crippen LogP contribution in [0.1, 0.15) is 64.4 Å². The first-order valence-corrected chi connectivity index (χ1v) is 13.3. The molecule has 2 aromatic carbocycles. The second kappa shape index (κ2) is 9.93. The summed E-state index contributed by atoms with van der Waals surface area (Å²) < 4.78 is 37.4. The number of cyclic esters (lactones) is 1. The number of aliphatic carboxylic acids is 1. The van der Waals surface area contributed by atoms with E-state index in [2.05, 4.69) is 6.58 Å². The van der Waals surface area contributed by atoms with Crippen LogP contribution in [0.4, 0.5) is 0 Å². The number of rotatable bonds is 8. The molecule has 0 bridgehead atoms. The molecule has 8 heteroatoms. The van der Waals surface area contributed by atoms with E-state index < -0.39 is 28.0 Å². The third kappa shape index (κ3) is 4.69. The Morgan fingerprint density at radius 2 is 1.86 bits per heavy atom. The molecule has 190 valence electrons. The van der Waals surface area contributed by atoms with Gasteiger partial charge in [0.25, 0.3) is 0 Å². The molecule has 1 N–H and O–H groups in total. The molecule has 0 amide bonds. The normalized spacial score (nSPS) is 19.6. The molecule has 0 saturated heterocycles. The van der Waals surface area contributed by atoms with Crippen molar-refractivity contribution in [3.8, 4) is 5.75 Å². The lowest BCUT2D eigenvalue weighted by atomic mass is 9.87. The molecule has 1 fully saturated rings. The van der Waals surface area contributed by atoms with Crippen molar-refractivity contribution in [2.45, 2.75) is 58.0 Å². The molecule has 2 aromatic rings. The zero-order valence-corrected chi connectivity index (χ0v) is 21.5. The molecule has 1 aliphatic heterocycles. The summed E-state index contributed by atoms with van der Waals surface area (Å²) in [6, 6.07) is 6.27. The average molecular weight is 511 g/mol. The maximum Gasteiger partial charge on any atom is 0.342 e. The summed E-state index contributed by atoms with van der Waals surface area (Å²) in [4.78, 5) is 24.4. The van der Waals surface area contributed by atoms with Gasteiger partial charge < -0.3 is 14.0 Å². The van der Waals surface area contributed by atoms with Crippen LogP contribution in [-0.2, 0) is 32.7 Å². The van der Waals surface area contributed by atoms with Crippen molar-refractivity contribution in [3.63, 3.8) is 0 Å². The lowest BCUT2D eigenvalue weighted by molar-refractivity contribution is -0.142. The van der Waals surface area contributed by atoms with E-state index in [4.69, 9.17) is 8.92 Å². The van der Waals surface area contributed by atoms with Crippen molar-refractivity contribution in [1.82, 2.24) is 0 Å². The fraction of sp³-hybridized carbons (Fsp3) is 0.357. The molecular formula is C28H30O7S. The van der Waals surface area contributed by atoms with Gasteiger partial charge in [0, 0.05) is 11.1 Å². The molecule has 1 aliphatic carbocycles. The summed E-state index contributed by atoms with van der Waals surface area (Å²) in [5.41, 5.74) is 4.45. The second-order valence-corrected chi connectivity index (χ2v) is 11.0. The summed E-state index contributed by atoms with van der Waals surface area (Å²) in [7, 11) is -4.25. The minimum Gasteiger partial charge on any atom is -0.481 e. The number of carbonyl (C=O) groups excluding carboxylic acids is 1. The monoisotopic (exact) mass is 510 g/mol. The van der Waals surface area contributed by atoms with E-state index in [-0.39, 0.29) is 35.2 Å². The molecule has 36 heavy (non-hydrogen) atoms. The predicted molar refractivity (Wildman–Crippen MR) is 135 cm³/mol. The Labute approximate surface area is 211 Å². The standard InChI is InChI=1S/C28H30O7S/c1-5-20-18(4)24-15-34-28(31)25(24)26(35-36(32,33)19-12-9-16(2)10-13-19)22(20)14-11-17(3)21-7-6-8-23(21)27(29)30/h5,9-13,21,23H,1,6-8,14-15H2,2-4H3,(H,29,30). The van der Waals surface area contributed by atoms with Crippen LogP contribution >= 0.6 is 0 Å². The van der Waals surface area contributed by atoms with Crippen molar-refractivity contribution in [2.75, 3.05) is 0 Å². The number of carboxylic acids is 1. The molecule has 0 radical (unpaired) electrons. The van der Waals surface area contributed by atoms with Gasteiger partial charge >= 0.3 is 22.1 Å². The summed E-state index contributed by atoms with van der Waals surface area (Å²) in [6.45, 7) is 9.53. The van der Waals surface area contributed by atoms with Crippen LogP contribution in [-0.4, -0.2) is 25.5 Å². The third-order valence-electron chi connectivity index (χ3n) is 7.29. The first kappa shape index (κ1) is 25.7. The molecule has 2 unspecified atom stereocenters. The summed E-state index contributed by atoms with van der Waals surface area (Å²) >= 11 is 0. The van der Waals surface area contributed by atoms with Crippen LogP contribution in [0, 0.1) is 25.7 Å². The number of allylic oxidation sites excluding steroid dienone is 2. The van der Waals surface area contributed by atoms with Gasteiger partial charge in [-0.3, -0.25) is 4.79 Å². The van der Waals surface area contributed by atoms with Gasteiger partial charge in [0.2, 0.25) is 0 Å². The van der Waals surface area contributed by atoms with Crippen LogP contribution in [0.5, 0.6) is 5.75 Å². The Kier molecular flexibility index (Phi) is 7.09. The minimum atomic E-state index is -4.25. The van der Waals surface area contributed by atoms with Crippen LogP contribution < -0.4 is 4.18 Å². The number of hydrogen-bond donors (Lipinski definition) is 1. The number of ether oxygens (including phenoxy) is 1. The zero-order valence-electron chi connectivity index (χ0n) is 20.7. The number of carbonyl (C=O) groups is 2. The molecule has 7 nitrogen and oxygen atoms in total. The van der Waals surface area contributed by atoms with Gasteiger partial charge in [0.05, 0.1) is 5.92 Å². The topological polar surface area (TPSA) is 107 Å². The van der Waals surface area contributed by atoms with Crippen molar-refractivity contribution in [3.05, 3.63) is 75.9 Å². The maximum atomic E-state index is 13.2. The van der Waals surface area contributed by atoms with Crippen molar-refractivity contribution < 1.29 is 32.0 Å². The fourth-order valence-electron chi connectivity index (χ4n) is 5.24. The first-order chi connectivity index (χ1) is 17.0. The van der Waals surface area contributed by atoms with Gasteiger partial charge in [-0.2, -0.15) is 8.42 Å². The van der Waals surface area contributed by atoms with E-state index in [9.17, 15) is 23.1 Å². The van der Waals surface area contributed by atoms with Crippen LogP contribution in [0.3, 0.4) is 0 Å². The number of hydrogen-bond acceptors (Lipinski definition) is 6. The Morgan fingerprint density at radius 3 is 2.50 bits per heavy atom. The summed E-state index contributed by atoms with van der Waals surface area (Å²) in [5, 5.41) is 9.59. The lowest BCUT2D eigenvalue weighted by Gasteiger charge is -2.20. The lowest BCUT2D eigenvalue weighted by Crippen LogP contribution is -2.19. The summed E-state index contributed by atoms with van der Waals surface area (Å²) in [6.07, 6.45) is 6.04. The van der Waals surface area contributed by atoms with E-state index in [0.29, 0.717) is 23.1 Å². The molecular weight excluding hydrogens is 480 g/mol. The molecule has 1 saturated carbocycles. The second-order valence-electron chi connectivity index (χ2n) is 9.47. The number of aryl methyl sites for hydroxylation is 1. The van der Waals surface area contributed by atoms with Crippen molar-refractivity contribution in [1.29, 1.82) is 0 Å². The molecule has 0 aromatic heterocycles. The molecule has 1 heterocycles. The fourth-order valence-corrected chi connectivity index (χ4v) is 6.21. The van der Waals surface area contributed by atoms with Crippen molar-refractivity contribution >= 4 is 28.1 Å².